The second kappa shape index (κ2) is 15.4. The van der Waals surface area contributed by atoms with Crippen LogP contribution in [-0.4, -0.2) is 36.2 Å². The fourth-order valence-corrected chi connectivity index (χ4v) is 2.30. The molecule has 1 nitrogen and oxygen atoms in total. The van der Waals surface area contributed by atoms with E-state index in [0.717, 1.165) is 12.4 Å². The molecule has 0 fully saturated rings. The molecule has 1 aromatic rings. The molecule has 1 aromatic carbocycles. The maximum Gasteiger partial charge on any atom is 0.119 e. The van der Waals surface area contributed by atoms with E-state index in [0.29, 0.717) is 0 Å². The SMILES string of the molecule is CCCCCCCCCCCCOc1ccccc1.[Na]. The summed E-state index contributed by atoms with van der Waals surface area (Å²) in [6, 6.07) is 10.1. The van der Waals surface area contributed by atoms with Crippen LogP contribution in [0.2, 0.25) is 0 Å². The van der Waals surface area contributed by atoms with Gasteiger partial charge in [0.2, 0.25) is 0 Å². The van der Waals surface area contributed by atoms with Crippen molar-refractivity contribution in [2.75, 3.05) is 6.61 Å². The van der Waals surface area contributed by atoms with Gasteiger partial charge >= 0.3 is 0 Å². The molecule has 1 radical (unpaired) electrons. The Bertz CT molecular complexity index is 287. The molecule has 0 aliphatic carbocycles. The fourth-order valence-electron chi connectivity index (χ4n) is 2.30. The van der Waals surface area contributed by atoms with Gasteiger partial charge in [-0.15, -0.1) is 0 Å². The molecule has 2 heteroatoms. The Labute approximate surface area is 147 Å². The van der Waals surface area contributed by atoms with E-state index in [4.69, 9.17) is 4.74 Å². The van der Waals surface area contributed by atoms with Gasteiger partial charge in [0.05, 0.1) is 6.61 Å². The molecule has 20 heavy (non-hydrogen) atoms. The molecule has 0 aromatic heterocycles. The van der Waals surface area contributed by atoms with Crippen LogP contribution in [0.3, 0.4) is 0 Å². The predicted molar refractivity (Wildman–Crippen MR) is 89.5 cm³/mol. The van der Waals surface area contributed by atoms with E-state index in [2.05, 4.69) is 6.92 Å². The molecule has 0 N–H and O–H groups in total. The van der Waals surface area contributed by atoms with Crippen LogP contribution >= 0.6 is 0 Å². The average molecular weight is 285 g/mol. The third kappa shape index (κ3) is 11.8. The summed E-state index contributed by atoms with van der Waals surface area (Å²) in [6.07, 6.45) is 13.7. The molecule has 0 saturated carbocycles. The van der Waals surface area contributed by atoms with E-state index < -0.39 is 0 Å². The predicted octanol–water partition coefficient (Wildman–Crippen LogP) is 5.61. The van der Waals surface area contributed by atoms with Gasteiger partial charge in [-0.05, 0) is 18.6 Å². The fraction of sp³-hybridized carbons (Fsp3) is 0.667. The quantitative estimate of drug-likeness (QED) is 0.358. The molecule has 1 rings (SSSR count). The molecule has 0 atom stereocenters. The zero-order valence-electron chi connectivity index (χ0n) is 13.6. The second-order valence-corrected chi connectivity index (χ2v) is 5.34. The van der Waals surface area contributed by atoms with E-state index in [1.165, 1.54) is 64.2 Å². The summed E-state index contributed by atoms with van der Waals surface area (Å²) in [7, 11) is 0. The van der Waals surface area contributed by atoms with Crippen molar-refractivity contribution in [3.63, 3.8) is 0 Å². The van der Waals surface area contributed by atoms with Crippen LogP contribution in [0.15, 0.2) is 30.3 Å². The first-order valence-electron chi connectivity index (χ1n) is 8.11. The van der Waals surface area contributed by atoms with E-state index in [9.17, 15) is 0 Å². The summed E-state index contributed by atoms with van der Waals surface area (Å²) in [5.74, 6) is 0.999. The van der Waals surface area contributed by atoms with Crippen molar-refractivity contribution >= 4 is 29.6 Å². The van der Waals surface area contributed by atoms with E-state index in [1.807, 2.05) is 30.3 Å². The normalized spacial score (nSPS) is 10.1. The van der Waals surface area contributed by atoms with Gasteiger partial charge in [-0.25, -0.2) is 0 Å². The Balaban J connectivity index is 0.00000361. The van der Waals surface area contributed by atoms with Crippen molar-refractivity contribution in [1.29, 1.82) is 0 Å². The zero-order valence-corrected chi connectivity index (χ0v) is 15.6. The number of benzene rings is 1. The van der Waals surface area contributed by atoms with E-state index in [-0.39, 0.29) is 29.6 Å². The monoisotopic (exact) mass is 285 g/mol. The van der Waals surface area contributed by atoms with Crippen LogP contribution < -0.4 is 4.74 Å². The van der Waals surface area contributed by atoms with Gasteiger partial charge in [0, 0.05) is 29.6 Å². The summed E-state index contributed by atoms with van der Waals surface area (Å²) in [5.41, 5.74) is 0. The van der Waals surface area contributed by atoms with Crippen LogP contribution in [0.1, 0.15) is 71.1 Å². The molecule has 109 valence electrons. The second-order valence-electron chi connectivity index (χ2n) is 5.34. The van der Waals surface area contributed by atoms with Gasteiger partial charge in [-0.3, -0.25) is 0 Å². The van der Waals surface area contributed by atoms with Gasteiger partial charge < -0.3 is 4.74 Å². The van der Waals surface area contributed by atoms with Crippen molar-refractivity contribution in [2.24, 2.45) is 0 Å². The smallest absolute Gasteiger partial charge is 0.119 e. The Morgan fingerprint density at radius 2 is 1.20 bits per heavy atom. The summed E-state index contributed by atoms with van der Waals surface area (Å²) < 4.78 is 5.68. The largest absolute Gasteiger partial charge is 0.494 e. The topological polar surface area (TPSA) is 9.23 Å². The molecule has 0 amide bonds. The maximum atomic E-state index is 5.68. The maximum absolute atomic E-state index is 5.68. The summed E-state index contributed by atoms with van der Waals surface area (Å²) in [5, 5.41) is 0. The Hall–Kier alpha value is 0.0200. The number of rotatable bonds is 12. The summed E-state index contributed by atoms with van der Waals surface area (Å²) in [6.45, 7) is 3.14. The van der Waals surface area contributed by atoms with E-state index in [1.54, 1.807) is 0 Å². The molecule has 0 heterocycles. The van der Waals surface area contributed by atoms with Crippen LogP contribution in [0.5, 0.6) is 5.75 Å². The summed E-state index contributed by atoms with van der Waals surface area (Å²) >= 11 is 0. The first-order chi connectivity index (χ1) is 9.43. The van der Waals surface area contributed by atoms with Crippen molar-refractivity contribution in [3.05, 3.63) is 30.3 Å². The number of para-hydroxylation sites is 1. The van der Waals surface area contributed by atoms with Gasteiger partial charge in [-0.1, -0.05) is 82.9 Å². The molecular formula is C18H30NaO. The van der Waals surface area contributed by atoms with Gasteiger partial charge in [0.1, 0.15) is 5.75 Å². The van der Waals surface area contributed by atoms with Crippen LogP contribution in [0.25, 0.3) is 0 Å². The first-order valence-corrected chi connectivity index (χ1v) is 8.11. The van der Waals surface area contributed by atoms with Crippen molar-refractivity contribution < 1.29 is 4.74 Å². The summed E-state index contributed by atoms with van der Waals surface area (Å²) in [4.78, 5) is 0. The third-order valence-corrected chi connectivity index (χ3v) is 3.51. The molecule has 0 saturated heterocycles. The molecule has 0 aliphatic rings. The van der Waals surface area contributed by atoms with Crippen molar-refractivity contribution in [3.8, 4) is 5.75 Å². The number of hydrogen-bond donors (Lipinski definition) is 0. The van der Waals surface area contributed by atoms with Gasteiger partial charge in [-0.2, -0.15) is 0 Å². The molecule has 0 aliphatic heterocycles. The Morgan fingerprint density at radius 1 is 0.700 bits per heavy atom. The van der Waals surface area contributed by atoms with Gasteiger partial charge in [0.25, 0.3) is 0 Å². The number of hydrogen-bond acceptors (Lipinski definition) is 1. The van der Waals surface area contributed by atoms with Gasteiger partial charge in [0.15, 0.2) is 0 Å². The minimum Gasteiger partial charge on any atom is -0.494 e. The molecular weight excluding hydrogens is 255 g/mol. The van der Waals surface area contributed by atoms with E-state index >= 15 is 0 Å². The van der Waals surface area contributed by atoms with Crippen LogP contribution in [0, 0.1) is 0 Å². The standard InChI is InChI=1S/C18H30O.Na/c1-2-3-4-5-6-7-8-9-10-14-17-19-18-15-12-11-13-16-18;/h11-13,15-16H,2-10,14,17H2,1H3;. The Kier molecular flexibility index (Phi) is 15.4. The Morgan fingerprint density at radius 3 is 1.75 bits per heavy atom. The van der Waals surface area contributed by atoms with Crippen LogP contribution in [0.4, 0.5) is 0 Å². The minimum atomic E-state index is 0. The van der Waals surface area contributed by atoms with Crippen molar-refractivity contribution in [2.45, 2.75) is 71.1 Å². The van der Waals surface area contributed by atoms with Crippen molar-refractivity contribution in [1.82, 2.24) is 0 Å². The molecule has 0 bridgehead atoms. The molecule has 0 unspecified atom stereocenters. The number of ether oxygens (including phenoxy) is 1. The van der Waals surface area contributed by atoms with Crippen LogP contribution in [-0.2, 0) is 0 Å². The third-order valence-electron chi connectivity index (χ3n) is 3.51. The minimum absolute atomic E-state index is 0. The average Bonchev–Trinajstić information content (AvgIpc) is 2.46. The number of unbranched alkanes of at least 4 members (excludes halogenated alkanes) is 9. The first kappa shape index (κ1) is 20.0. The molecule has 0 spiro atoms. The zero-order chi connectivity index (χ0) is 13.6.